The summed E-state index contributed by atoms with van der Waals surface area (Å²) in [7, 11) is 0. The van der Waals surface area contributed by atoms with Crippen molar-refractivity contribution in [3.05, 3.63) is 35.4 Å². The molecule has 0 unspecified atom stereocenters. The summed E-state index contributed by atoms with van der Waals surface area (Å²) >= 11 is 0. The predicted octanol–water partition coefficient (Wildman–Crippen LogP) is 2.69. The van der Waals surface area contributed by atoms with Gasteiger partial charge in [0.2, 0.25) is 0 Å². The van der Waals surface area contributed by atoms with Crippen LogP contribution in [0.4, 0.5) is 0 Å². The van der Waals surface area contributed by atoms with Gasteiger partial charge in [-0.15, -0.1) is 0 Å². The van der Waals surface area contributed by atoms with E-state index in [1.54, 1.807) is 0 Å². The van der Waals surface area contributed by atoms with Gasteiger partial charge in [0.25, 0.3) is 0 Å². The molecule has 1 fully saturated rings. The number of hydrogen-bond donors (Lipinski definition) is 1. The van der Waals surface area contributed by atoms with Crippen molar-refractivity contribution in [2.45, 2.75) is 38.6 Å². The van der Waals surface area contributed by atoms with Crippen LogP contribution in [-0.2, 0) is 17.8 Å². The fraction of sp³-hybridized carbons (Fsp3) is 0.562. The van der Waals surface area contributed by atoms with Gasteiger partial charge in [-0.1, -0.05) is 37.1 Å². The van der Waals surface area contributed by atoms with Crippen molar-refractivity contribution in [3.8, 4) is 0 Å². The van der Waals surface area contributed by atoms with Crippen molar-refractivity contribution in [2.24, 2.45) is 5.41 Å². The maximum Gasteiger partial charge on any atom is 0.310 e. The van der Waals surface area contributed by atoms with E-state index in [9.17, 15) is 9.90 Å². The van der Waals surface area contributed by atoms with Gasteiger partial charge in [-0.05, 0) is 30.4 Å². The number of carbonyl (C=O) groups is 1. The lowest BCUT2D eigenvalue weighted by Crippen LogP contribution is -2.43. The average molecular weight is 259 g/mol. The Labute approximate surface area is 114 Å². The highest BCUT2D eigenvalue weighted by Gasteiger charge is 2.42. The molecule has 0 bridgehead atoms. The molecule has 0 atom stereocenters. The minimum atomic E-state index is -0.594. The molecular formula is C16H21NO2. The van der Waals surface area contributed by atoms with Crippen molar-refractivity contribution in [1.29, 1.82) is 0 Å². The van der Waals surface area contributed by atoms with Crippen LogP contribution in [0, 0.1) is 5.41 Å². The first kappa shape index (κ1) is 12.7. The van der Waals surface area contributed by atoms with E-state index < -0.39 is 11.4 Å². The first-order valence-corrected chi connectivity index (χ1v) is 7.22. The van der Waals surface area contributed by atoms with E-state index in [4.69, 9.17) is 0 Å². The zero-order chi connectivity index (χ0) is 13.3. The van der Waals surface area contributed by atoms with E-state index in [-0.39, 0.29) is 0 Å². The zero-order valence-corrected chi connectivity index (χ0v) is 11.3. The maximum atomic E-state index is 11.6. The highest BCUT2D eigenvalue weighted by Crippen LogP contribution is 2.39. The molecule has 1 N–H and O–H groups in total. The van der Waals surface area contributed by atoms with Crippen LogP contribution < -0.4 is 0 Å². The number of rotatable bonds is 3. The van der Waals surface area contributed by atoms with Gasteiger partial charge in [-0.25, -0.2) is 0 Å². The number of nitrogens with zero attached hydrogens (tertiary/aromatic N) is 1. The van der Waals surface area contributed by atoms with Crippen molar-refractivity contribution < 1.29 is 9.90 Å². The second-order valence-corrected chi connectivity index (χ2v) is 6.02. The van der Waals surface area contributed by atoms with E-state index in [1.165, 1.54) is 11.1 Å². The minimum Gasteiger partial charge on any atom is -0.481 e. The molecule has 1 aromatic carbocycles. The summed E-state index contributed by atoms with van der Waals surface area (Å²) in [4.78, 5) is 14.0. The molecule has 1 aliphatic carbocycles. The molecule has 1 aliphatic heterocycles. The number of fused-ring (bicyclic) bond motifs is 1. The molecule has 19 heavy (non-hydrogen) atoms. The molecule has 2 aliphatic rings. The predicted molar refractivity (Wildman–Crippen MR) is 74.0 cm³/mol. The third-order valence-electron chi connectivity index (χ3n) is 4.75. The van der Waals surface area contributed by atoms with Gasteiger partial charge in [0, 0.05) is 19.6 Å². The second-order valence-electron chi connectivity index (χ2n) is 6.02. The van der Waals surface area contributed by atoms with Gasteiger partial charge >= 0.3 is 5.97 Å². The third-order valence-corrected chi connectivity index (χ3v) is 4.75. The monoisotopic (exact) mass is 259 g/mol. The van der Waals surface area contributed by atoms with E-state index in [0.717, 1.165) is 51.7 Å². The van der Waals surface area contributed by atoms with Crippen LogP contribution in [0.5, 0.6) is 0 Å². The SMILES string of the molecule is O=C(O)C1(CN2CCc3ccccc3C2)CCCC1. The Morgan fingerprint density at radius 1 is 1.21 bits per heavy atom. The number of aliphatic carboxylic acids is 1. The first-order chi connectivity index (χ1) is 9.20. The Hall–Kier alpha value is -1.35. The molecule has 1 aromatic rings. The van der Waals surface area contributed by atoms with Gasteiger partial charge in [0.1, 0.15) is 0 Å². The lowest BCUT2D eigenvalue weighted by molar-refractivity contribution is -0.150. The fourth-order valence-corrected chi connectivity index (χ4v) is 3.61. The summed E-state index contributed by atoms with van der Waals surface area (Å²) in [6, 6.07) is 8.52. The molecule has 1 saturated carbocycles. The standard InChI is InChI=1S/C16H21NO2/c18-15(19)16(8-3-4-9-16)12-17-10-7-13-5-1-2-6-14(13)11-17/h1-2,5-6H,3-4,7-12H2,(H,18,19). The topological polar surface area (TPSA) is 40.5 Å². The van der Waals surface area contributed by atoms with Crippen LogP contribution in [0.3, 0.4) is 0 Å². The third kappa shape index (κ3) is 2.39. The number of carboxylic acid groups (broad SMARTS) is 1. The van der Waals surface area contributed by atoms with Gasteiger partial charge < -0.3 is 5.11 Å². The van der Waals surface area contributed by atoms with Gasteiger partial charge in [0.05, 0.1) is 5.41 Å². The summed E-state index contributed by atoms with van der Waals surface area (Å²) in [6.07, 6.45) is 4.88. The largest absolute Gasteiger partial charge is 0.481 e. The Kier molecular flexibility index (Phi) is 3.31. The molecule has 0 spiro atoms. The quantitative estimate of drug-likeness (QED) is 0.907. The Morgan fingerprint density at radius 2 is 1.89 bits per heavy atom. The summed E-state index contributed by atoms with van der Waals surface area (Å²) in [6.45, 7) is 2.62. The minimum absolute atomic E-state index is 0.480. The van der Waals surface area contributed by atoms with E-state index in [1.807, 2.05) is 0 Å². The smallest absolute Gasteiger partial charge is 0.310 e. The van der Waals surface area contributed by atoms with E-state index >= 15 is 0 Å². The van der Waals surface area contributed by atoms with Crippen molar-refractivity contribution >= 4 is 5.97 Å². The van der Waals surface area contributed by atoms with Gasteiger partial charge in [0.15, 0.2) is 0 Å². The molecule has 3 heteroatoms. The van der Waals surface area contributed by atoms with Crippen molar-refractivity contribution in [1.82, 2.24) is 4.90 Å². The summed E-state index contributed by atoms with van der Waals surface area (Å²) in [5.41, 5.74) is 2.31. The molecule has 0 aromatic heterocycles. The highest BCUT2D eigenvalue weighted by molar-refractivity contribution is 5.75. The Bertz CT molecular complexity index is 477. The Morgan fingerprint density at radius 3 is 2.58 bits per heavy atom. The van der Waals surface area contributed by atoms with Crippen LogP contribution >= 0.6 is 0 Å². The normalized spacial score (nSPS) is 22.1. The van der Waals surface area contributed by atoms with Gasteiger partial charge in [-0.2, -0.15) is 0 Å². The number of benzene rings is 1. The molecule has 3 rings (SSSR count). The van der Waals surface area contributed by atoms with Crippen LogP contribution in [0.1, 0.15) is 36.8 Å². The van der Waals surface area contributed by atoms with Crippen LogP contribution in [0.2, 0.25) is 0 Å². The van der Waals surface area contributed by atoms with E-state index in [2.05, 4.69) is 29.2 Å². The number of hydrogen-bond acceptors (Lipinski definition) is 2. The molecule has 3 nitrogen and oxygen atoms in total. The highest BCUT2D eigenvalue weighted by atomic mass is 16.4. The molecule has 0 saturated heterocycles. The first-order valence-electron chi connectivity index (χ1n) is 7.22. The summed E-state index contributed by atoms with van der Waals surface area (Å²) in [5, 5.41) is 9.56. The average Bonchev–Trinajstić information content (AvgIpc) is 2.88. The molecule has 102 valence electrons. The summed E-state index contributed by atoms with van der Waals surface area (Å²) in [5.74, 6) is -0.594. The van der Waals surface area contributed by atoms with Crippen LogP contribution in [0.25, 0.3) is 0 Å². The molecular weight excluding hydrogens is 238 g/mol. The Balaban J connectivity index is 1.73. The summed E-state index contributed by atoms with van der Waals surface area (Å²) < 4.78 is 0. The van der Waals surface area contributed by atoms with Gasteiger partial charge in [-0.3, -0.25) is 9.69 Å². The number of carboxylic acids is 1. The molecule has 0 radical (unpaired) electrons. The molecule has 1 heterocycles. The zero-order valence-electron chi connectivity index (χ0n) is 11.3. The fourth-order valence-electron chi connectivity index (χ4n) is 3.61. The van der Waals surface area contributed by atoms with Crippen molar-refractivity contribution in [2.75, 3.05) is 13.1 Å². The maximum absolute atomic E-state index is 11.6. The van der Waals surface area contributed by atoms with E-state index in [0.29, 0.717) is 0 Å². The van der Waals surface area contributed by atoms with Crippen LogP contribution in [0.15, 0.2) is 24.3 Å². The lowest BCUT2D eigenvalue weighted by Gasteiger charge is -2.35. The van der Waals surface area contributed by atoms with Crippen LogP contribution in [-0.4, -0.2) is 29.1 Å². The second kappa shape index (κ2) is 4.97. The molecule has 0 amide bonds. The lowest BCUT2D eigenvalue weighted by atomic mass is 9.85. The van der Waals surface area contributed by atoms with Crippen molar-refractivity contribution in [3.63, 3.8) is 0 Å².